The molecule has 2 aliphatic carbocycles. The van der Waals surface area contributed by atoms with Gasteiger partial charge in [0.2, 0.25) is 0 Å². The van der Waals surface area contributed by atoms with Crippen molar-refractivity contribution >= 4 is 17.5 Å². The molecule has 122 valence electrons. The van der Waals surface area contributed by atoms with Crippen LogP contribution < -0.4 is 0 Å². The number of carbonyl (C=O) groups excluding carboxylic acids is 1. The largest absolute Gasteiger partial charge is 2.00 e. The van der Waals surface area contributed by atoms with Crippen LogP contribution in [0.25, 0.3) is 6.08 Å². The molecule has 0 bridgehead atoms. The van der Waals surface area contributed by atoms with E-state index in [1.165, 1.54) is 18.2 Å². The third-order valence-corrected chi connectivity index (χ3v) is 3.10. The Morgan fingerprint density at radius 3 is 2.38 bits per heavy atom. The summed E-state index contributed by atoms with van der Waals surface area (Å²) >= 11 is 0. The molecule has 2 aliphatic rings. The van der Waals surface area contributed by atoms with Crippen molar-refractivity contribution in [2.45, 2.75) is 12.8 Å². The van der Waals surface area contributed by atoms with Gasteiger partial charge in [-0.25, -0.2) is 18.2 Å². The first-order valence-electron chi connectivity index (χ1n) is 7.12. The van der Waals surface area contributed by atoms with Crippen LogP contribution in [0.3, 0.4) is 0 Å². The zero-order valence-corrected chi connectivity index (χ0v) is 13.9. The molecular weight excluding hydrogens is 346 g/mol. The minimum absolute atomic E-state index is 0. The summed E-state index contributed by atoms with van der Waals surface area (Å²) in [5.41, 5.74) is 1.42. The van der Waals surface area contributed by atoms with E-state index in [-0.39, 0.29) is 28.5 Å². The smallest absolute Gasteiger partial charge is 0.311 e. The van der Waals surface area contributed by atoms with Crippen LogP contribution in [-0.2, 0) is 21.9 Å². The third-order valence-electron chi connectivity index (χ3n) is 3.10. The molecule has 0 N–H and O–H groups in total. The zero-order valence-electron chi connectivity index (χ0n) is 12.8. The van der Waals surface area contributed by atoms with Gasteiger partial charge in [-0.3, -0.25) is 22.3 Å². The molecule has 1 aromatic rings. The van der Waals surface area contributed by atoms with Gasteiger partial charge in [-0.05, 0) is 23.8 Å². The Morgan fingerprint density at radius 1 is 1.17 bits per heavy atom. The van der Waals surface area contributed by atoms with E-state index in [4.69, 9.17) is 0 Å². The Hall–Kier alpha value is -2.49. The first kappa shape index (κ1) is 19.6. The van der Waals surface area contributed by atoms with Crippen LogP contribution >= 0.6 is 0 Å². The van der Waals surface area contributed by atoms with E-state index in [0.29, 0.717) is 12.0 Å². The average Bonchev–Trinajstić information content (AvgIpc) is 3.28. The molecular formula is C19H15FeNO3. The molecule has 0 saturated carbocycles. The molecule has 3 rings (SSSR count). The van der Waals surface area contributed by atoms with Gasteiger partial charge in [-0.2, -0.15) is 12.2 Å². The standard InChI is InChI=1S/C14H10NO3.C5H5.Fe/c16-14(12-3-1-2-4-12)10-7-11-5-8-13(9-6-11)15(17)18;1-2-4-5-3-1;/h3-10H,1H2;1-3H,4H2;/q2*-1;+2/b10-7+;;. The summed E-state index contributed by atoms with van der Waals surface area (Å²) in [6.45, 7) is 0. The van der Waals surface area contributed by atoms with Crippen LogP contribution in [0.5, 0.6) is 0 Å². The topological polar surface area (TPSA) is 60.2 Å². The predicted molar refractivity (Wildman–Crippen MR) is 89.2 cm³/mol. The van der Waals surface area contributed by atoms with Gasteiger partial charge in [0, 0.05) is 12.1 Å². The second-order valence-electron chi connectivity index (χ2n) is 4.76. The van der Waals surface area contributed by atoms with Crippen molar-refractivity contribution in [1.82, 2.24) is 0 Å². The van der Waals surface area contributed by atoms with E-state index in [0.717, 1.165) is 12.0 Å². The Labute approximate surface area is 151 Å². The quantitative estimate of drug-likeness (QED) is 0.266. The minimum Gasteiger partial charge on any atom is -0.311 e. The molecule has 24 heavy (non-hydrogen) atoms. The van der Waals surface area contributed by atoms with E-state index in [9.17, 15) is 14.9 Å². The van der Waals surface area contributed by atoms with Gasteiger partial charge < -0.3 is 4.79 Å². The molecule has 0 aromatic heterocycles. The number of rotatable bonds is 4. The fraction of sp³-hybridized carbons (Fsp3) is 0.105. The molecule has 1 aromatic carbocycles. The van der Waals surface area contributed by atoms with Gasteiger partial charge >= 0.3 is 17.1 Å². The number of allylic oxidation sites excluding steroid dienone is 9. The summed E-state index contributed by atoms with van der Waals surface area (Å²) in [5.74, 6) is -0.0849. The van der Waals surface area contributed by atoms with Crippen LogP contribution in [0, 0.1) is 22.3 Å². The fourth-order valence-corrected chi connectivity index (χ4v) is 1.88. The molecule has 0 aliphatic heterocycles. The SMILES string of the molecule is O=C(/C=C/c1ccc([N+](=O)[O-])cc1)C1=CC[C-]=C1.[C-]1=CC=CC1.[Fe+2]. The maximum Gasteiger partial charge on any atom is 2.00 e. The summed E-state index contributed by atoms with van der Waals surface area (Å²) in [5, 5.41) is 10.5. The number of nitro groups is 1. The monoisotopic (exact) mass is 361 g/mol. The molecule has 0 heterocycles. The minimum atomic E-state index is -0.456. The first-order valence-corrected chi connectivity index (χ1v) is 7.12. The van der Waals surface area contributed by atoms with E-state index >= 15 is 0 Å². The fourth-order valence-electron chi connectivity index (χ4n) is 1.88. The maximum atomic E-state index is 11.7. The normalized spacial score (nSPS) is 14.1. The number of hydrogen-bond donors (Lipinski definition) is 0. The molecule has 0 amide bonds. The predicted octanol–water partition coefficient (Wildman–Crippen LogP) is 4.17. The van der Waals surface area contributed by atoms with E-state index < -0.39 is 4.92 Å². The van der Waals surface area contributed by atoms with E-state index in [1.54, 1.807) is 24.3 Å². The van der Waals surface area contributed by atoms with Crippen molar-refractivity contribution in [2.24, 2.45) is 0 Å². The summed E-state index contributed by atoms with van der Waals surface area (Å²) in [6, 6.07) is 6.03. The van der Waals surface area contributed by atoms with Gasteiger partial charge in [-0.15, -0.1) is 18.4 Å². The third kappa shape index (κ3) is 6.32. The zero-order chi connectivity index (χ0) is 16.5. The summed E-state index contributed by atoms with van der Waals surface area (Å²) in [6.07, 6.45) is 20.2. The van der Waals surface area contributed by atoms with Crippen molar-refractivity contribution in [3.63, 3.8) is 0 Å². The molecule has 0 saturated heterocycles. The molecule has 0 unspecified atom stereocenters. The van der Waals surface area contributed by atoms with Gasteiger partial charge in [0.15, 0.2) is 0 Å². The molecule has 0 fully saturated rings. The number of non-ortho nitro benzene ring substituents is 1. The number of nitro benzene ring substituents is 1. The van der Waals surface area contributed by atoms with Crippen molar-refractivity contribution in [1.29, 1.82) is 0 Å². The van der Waals surface area contributed by atoms with Crippen molar-refractivity contribution in [2.75, 3.05) is 0 Å². The Morgan fingerprint density at radius 2 is 1.92 bits per heavy atom. The second-order valence-corrected chi connectivity index (χ2v) is 4.76. The molecule has 0 atom stereocenters. The number of carbonyl (C=O) groups is 1. The van der Waals surface area contributed by atoms with Crippen molar-refractivity contribution < 1.29 is 26.8 Å². The number of hydrogen-bond acceptors (Lipinski definition) is 3. The second kappa shape index (κ2) is 10.3. The maximum absolute atomic E-state index is 11.7. The van der Waals surface area contributed by atoms with Gasteiger partial charge in [-0.1, -0.05) is 6.08 Å². The van der Waals surface area contributed by atoms with Gasteiger partial charge in [0.25, 0.3) is 5.69 Å². The van der Waals surface area contributed by atoms with Crippen molar-refractivity contribution in [3.05, 3.63) is 94.1 Å². The van der Waals surface area contributed by atoms with Crippen LogP contribution in [-0.4, -0.2) is 10.7 Å². The van der Waals surface area contributed by atoms with Gasteiger partial charge in [0.1, 0.15) is 5.78 Å². The molecule has 0 spiro atoms. The number of ketones is 1. The Balaban J connectivity index is 0.000000412. The average molecular weight is 361 g/mol. The van der Waals surface area contributed by atoms with Gasteiger partial charge in [0.05, 0.1) is 4.92 Å². The first-order chi connectivity index (χ1) is 11.2. The van der Waals surface area contributed by atoms with Crippen LogP contribution in [0.4, 0.5) is 5.69 Å². The number of nitrogens with zero attached hydrogens (tertiary/aromatic N) is 1. The molecule has 4 nitrogen and oxygen atoms in total. The van der Waals surface area contributed by atoms with Crippen LogP contribution in [0.1, 0.15) is 18.4 Å². The number of benzene rings is 1. The Bertz CT molecular complexity index is 715. The molecule has 5 heteroatoms. The summed E-state index contributed by atoms with van der Waals surface area (Å²) < 4.78 is 0. The van der Waals surface area contributed by atoms with Crippen molar-refractivity contribution in [3.8, 4) is 0 Å². The van der Waals surface area contributed by atoms with E-state index in [2.05, 4.69) is 18.2 Å². The summed E-state index contributed by atoms with van der Waals surface area (Å²) in [4.78, 5) is 21.7. The summed E-state index contributed by atoms with van der Waals surface area (Å²) in [7, 11) is 0. The Kier molecular flexibility index (Phi) is 8.41. The van der Waals surface area contributed by atoms with Crippen LogP contribution in [0.15, 0.2) is 66.3 Å². The van der Waals surface area contributed by atoms with Crippen LogP contribution in [0.2, 0.25) is 0 Å². The van der Waals surface area contributed by atoms with E-state index in [1.807, 2.05) is 18.2 Å². The molecule has 0 radical (unpaired) electrons.